The van der Waals surface area contributed by atoms with E-state index in [9.17, 15) is 0 Å². The van der Waals surface area contributed by atoms with Gasteiger partial charge < -0.3 is 0 Å². The molecule has 0 saturated carbocycles. The van der Waals surface area contributed by atoms with Gasteiger partial charge in [0.05, 0.1) is 0 Å². The molecule has 1 heterocycles. The van der Waals surface area contributed by atoms with Crippen molar-refractivity contribution < 1.29 is 0 Å². The van der Waals surface area contributed by atoms with Gasteiger partial charge in [-0.25, -0.2) is 0 Å². The van der Waals surface area contributed by atoms with Gasteiger partial charge in [0.1, 0.15) is 0 Å². The van der Waals surface area contributed by atoms with Crippen LogP contribution in [-0.2, 0) is 0 Å². The van der Waals surface area contributed by atoms with Crippen LogP contribution in [0.15, 0.2) is 150 Å². The quantitative estimate of drug-likeness (QED) is 0.228. The minimum Gasteiger partial charge on any atom is -0.264 e. The van der Waals surface area contributed by atoms with Crippen molar-refractivity contribution in [3.63, 3.8) is 0 Å². The molecular formula is C35H23NS. The standard InChI is InChI=1S/C35H23NS/c1-3-11-24(12-4-1)31-21-26-15-7-8-16-27(26)22-33(31)37-35-29-18-10-9-17-28(29)34(25-13-5-2-6-14-25)32-23-36-20-19-30(32)35/h1-23H. The van der Waals surface area contributed by atoms with Gasteiger partial charge in [0, 0.05) is 27.6 Å². The summed E-state index contributed by atoms with van der Waals surface area (Å²) in [5.74, 6) is 0. The Bertz CT molecular complexity index is 1840. The van der Waals surface area contributed by atoms with Crippen molar-refractivity contribution in [1.82, 2.24) is 4.98 Å². The fourth-order valence-corrected chi connectivity index (χ4v) is 6.53. The van der Waals surface area contributed by atoms with Crippen molar-refractivity contribution in [2.24, 2.45) is 0 Å². The van der Waals surface area contributed by atoms with E-state index in [1.165, 1.54) is 64.4 Å². The van der Waals surface area contributed by atoms with Crippen LogP contribution >= 0.6 is 11.8 Å². The summed E-state index contributed by atoms with van der Waals surface area (Å²) < 4.78 is 0. The largest absolute Gasteiger partial charge is 0.264 e. The zero-order valence-corrected chi connectivity index (χ0v) is 21.0. The molecule has 0 fully saturated rings. The number of pyridine rings is 1. The van der Waals surface area contributed by atoms with Crippen LogP contribution in [0.2, 0.25) is 0 Å². The maximum Gasteiger partial charge on any atom is 0.0353 e. The van der Waals surface area contributed by atoms with Crippen molar-refractivity contribution in [3.8, 4) is 22.3 Å². The zero-order chi connectivity index (χ0) is 24.6. The first kappa shape index (κ1) is 21.8. The number of nitrogens with zero attached hydrogens (tertiary/aromatic N) is 1. The van der Waals surface area contributed by atoms with Gasteiger partial charge in [-0.15, -0.1) is 0 Å². The lowest BCUT2D eigenvalue weighted by atomic mass is 9.93. The molecule has 0 bridgehead atoms. The van der Waals surface area contributed by atoms with Gasteiger partial charge >= 0.3 is 0 Å². The summed E-state index contributed by atoms with van der Waals surface area (Å²) in [6.45, 7) is 0. The lowest BCUT2D eigenvalue weighted by molar-refractivity contribution is 1.36. The highest BCUT2D eigenvalue weighted by Crippen LogP contribution is 2.47. The van der Waals surface area contributed by atoms with Crippen LogP contribution in [0, 0.1) is 0 Å². The van der Waals surface area contributed by atoms with Gasteiger partial charge in [-0.2, -0.15) is 0 Å². The highest BCUT2D eigenvalue weighted by Gasteiger charge is 2.18. The molecule has 0 saturated heterocycles. The van der Waals surface area contributed by atoms with E-state index in [-0.39, 0.29) is 0 Å². The third-order valence-electron chi connectivity index (χ3n) is 6.98. The van der Waals surface area contributed by atoms with E-state index in [4.69, 9.17) is 0 Å². The minimum absolute atomic E-state index is 1.18. The molecule has 6 aromatic carbocycles. The molecule has 1 nitrogen and oxygen atoms in total. The first-order chi connectivity index (χ1) is 18.4. The highest BCUT2D eigenvalue weighted by molar-refractivity contribution is 8.00. The second-order valence-corrected chi connectivity index (χ2v) is 10.3. The summed E-state index contributed by atoms with van der Waals surface area (Å²) in [6, 6.07) is 45.6. The molecule has 1 aromatic heterocycles. The van der Waals surface area contributed by atoms with Gasteiger partial charge in [-0.05, 0) is 67.4 Å². The molecule has 0 aliphatic heterocycles. The van der Waals surface area contributed by atoms with Gasteiger partial charge in [0.25, 0.3) is 0 Å². The van der Waals surface area contributed by atoms with Crippen molar-refractivity contribution in [3.05, 3.63) is 140 Å². The van der Waals surface area contributed by atoms with Crippen molar-refractivity contribution in [1.29, 1.82) is 0 Å². The third kappa shape index (κ3) is 3.87. The smallest absolute Gasteiger partial charge is 0.0353 e. The van der Waals surface area contributed by atoms with Gasteiger partial charge in [-0.1, -0.05) is 121 Å². The Morgan fingerprint density at radius 1 is 0.486 bits per heavy atom. The Hall–Kier alpha value is -4.40. The summed E-state index contributed by atoms with van der Waals surface area (Å²) >= 11 is 1.86. The Morgan fingerprint density at radius 2 is 1.08 bits per heavy atom. The number of rotatable bonds is 4. The van der Waals surface area contributed by atoms with E-state index in [1.807, 2.05) is 24.2 Å². The summed E-state index contributed by atoms with van der Waals surface area (Å²) in [7, 11) is 0. The van der Waals surface area contributed by atoms with Crippen molar-refractivity contribution in [2.75, 3.05) is 0 Å². The third-order valence-corrected chi connectivity index (χ3v) is 8.18. The van der Waals surface area contributed by atoms with Crippen LogP contribution in [0.25, 0.3) is 54.6 Å². The molecular weight excluding hydrogens is 466 g/mol. The Morgan fingerprint density at radius 3 is 1.84 bits per heavy atom. The van der Waals surface area contributed by atoms with E-state index in [1.54, 1.807) is 0 Å². The van der Waals surface area contributed by atoms with Crippen LogP contribution < -0.4 is 0 Å². The lowest BCUT2D eigenvalue weighted by Crippen LogP contribution is -1.91. The molecule has 0 unspecified atom stereocenters. The SMILES string of the molecule is c1ccc(-c2cc3ccccc3cc2Sc2c3ccccc3c(-c3ccccc3)c3cnccc23)cc1. The van der Waals surface area contributed by atoms with E-state index < -0.39 is 0 Å². The predicted molar refractivity (Wildman–Crippen MR) is 158 cm³/mol. The molecule has 0 amide bonds. The lowest BCUT2D eigenvalue weighted by Gasteiger charge is -2.18. The Kier molecular flexibility index (Phi) is 5.45. The van der Waals surface area contributed by atoms with Crippen LogP contribution in [-0.4, -0.2) is 4.98 Å². The second kappa shape index (κ2) is 9.24. The monoisotopic (exact) mass is 489 g/mol. The first-order valence-electron chi connectivity index (χ1n) is 12.5. The fourth-order valence-electron chi connectivity index (χ4n) is 5.26. The first-order valence-corrected chi connectivity index (χ1v) is 13.3. The van der Waals surface area contributed by atoms with Gasteiger partial charge in [-0.3, -0.25) is 4.98 Å². The predicted octanol–water partition coefficient (Wildman–Crippen LogP) is 10.0. The molecule has 0 aliphatic rings. The molecule has 37 heavy (non-hydrogen) atoms. The number of aromatic nitrogens is 1. The summed E-state index contributed by atoms with van der Waals surface area (Å²) in [4.78, 5) is 7.07. The molecule has 0 atom stereocenters. The van der Waals surface area contributed by atoms with Gasteiger partial charge in [0.15, 0.2) is 0 Å². The molecule has 7 aromatic rings. The molecule has 7 rings (SSSR count). The maximum atomic E-state index is 4.55. The average molecular weight is 490 g/mol. The number of hydrogen-bond acceptors (Lipinski definition) is 2. The second-order valence-electron chi connectivity index (χ2n) is 9.20. The summed E-state index contributed by atoms with van der Waals surface area (Å²) in [6.07, 6.45) is 3.93. The Labute approximate surface area is 220 Å². The number of hydrogen-bond donors (Lipinski definition) is 0. The summed E-state index contributed by atoms with van der Waals surface area (Å²) in [5, 5.41) is 7.42. The van der Waals surface area contributed by atoms with Crippen LogP contribution in [0.4, 0.5) is 0 Å². The molecule has 2 heteroatoms. The maximum absolute atomic E-state index is 4.55. The fraction of sp³-hybridized carbons (Fsp3) is 0. The zero-order valence-electron chi connectivity index (χ0n) is 20.1. The molecule has 174 valence electrons. The highest BCUT2D eigenvalue weighted by atomic mass is 32.2. The van der Waals surface area contributed by atoms with Crippen LogP contribution in [0.1, 0.15) is 0 Å². The Balaban J connectivity index is 1.53. The van der Waals surface area contributed by atoms with Gasteiger partial charge in [0.2, 0.25) is 0 Å². The van der Waals surface area contributed by atoms with E-state index >= 15 is 0 Å². The minimum atomic E-state index is 1.18. The summed E-state index contributed by atoms with van der Waals surface area (Å²) in [5.41, 5.74) is 4.93. The van der Waals surface area contributed by atoms with E-state index in [2.05, 4.69) is 132 Å². The molecule has 0 N–H and O–H groups in total. The topological polar surface area (TPSA) is 12.9 Å². The van der Waals surface area contributed by atoms with E-state index in [0.29, 0.717) is 0 Å². The number of benzene rings is 6. The van der Waals surface area contributed by atoms with Crippen LogP contribution in [0.3, 0.4) is 0 Å². The molecule has 0 aliphatic carbocycles. The molecule has 0 spiro atoms. The average Bonchev–Trinajstić information content (AvgIpc) is 2.97. The number of fused-ring (bicyclic) bond motifs is 3. The van der Waals surface area contributed by atoms with Crippen LogP contribution in [0.5, 0.6) is 0 Å². The van der Waals surface area contributed by atoms with Crippen molar-refractivity contribution in [2.45, 2.75) is 9.79 Å². The molecule has 0 radical (unpaired) electrons. The normalized spacial score (nSPS) is 11.4. The van der Waals surface area contributed by atoms with Crippen molar-refractivity contribution >= 4 is 44.1 Å². The van der Waals surface area contributed by atoms with E-state index in [0.717, 1.165) is 0 Å².